The molecule has 0 aliphatic carbocycles. The zero-order valence-corrected chi connectivity index (χ0v) is 32.4. The van der Waals surface area contributed by atoms with Gasteiger partial charge in [0.15, 0.2) is 0 Å². The van der Waals surface area contributed by atoms with Crippen LogP contribution in [0.15, 0.2) is 28.2 Å². The van der Waals surface area contributed by atoms with Crippen LogP contribution in [0.4, 0.5) is 0 Å². The fraction of sp³-hybridized carbons (Fsp3) is 0.650. The average molecular weight is 699 g/mol. The second-order valence-corrected chi connectivity index (χ2v) is 17.9. The Morgan fingerprint density at radius 2 is 0.935 bits per heavy atom. The Kier molecular flexibility index (Phi) is 16.8. The summed E-state index contributed by atoms with van der Waals surface area (Å²) in [5.74, 6) is 0. The summed E-state index contributed by atoms with van der Waals surface area (Å²) in [6.07, 6.45) is 29.2. The summed E-state index contributed by atoms with van der Waals surface area (Å²) in [6, 6.07) is 4.76. The zero-order valence-electron chi connectivity index (χ0n) is 29.2. The maximum atomic E-state index is 13.0. The molecule has 0 amide bonds. The predicted octanol–water partition coefficient (Wildman–Crippen LogP) is 14.2. The van der Waals surface area contributed by atoms with Crippen LogP contribution in [0.1, 0.15) is 170 Å². The van der Waals surface area contributed by atoms with Crippen LogP contribution in [0.5, 0.6) is 0 Å². The van der Waals surface area contributed by atoms with Gasteiger partial charge in [0.25, 0.3) is 0 Å². The van der Waals surface area contributed by atoms with Gasteiger partial charge in [-0.1, -0.05) is 141 Å². The van der Waals surface area contributed by atoms with Crippen molar-refractivity contribution in [1.29, 1.82) is 0 Å². The highest BCUT2D eigenvalue weighted by Gasteiger charge is 2.41. The lowest BCUT2D eigenvalue weighted by molar-refractivity contribution is -0.109. The van der Waals surface area contributed by atoms with E-state index < -0.39 is 0 Å². The highest BCUT2D eigenvalue weighted by atomic mass is 32.2. The topological polar surface area (TPSA) is 34.1 Å². The number of rotatable bonds is 24. The smallest absolute Gasteiger partial charge is 0.225 e. The molecule has 6 heteroatoms. The van der Waals surface area contributed by atoms with E-state index in [4.69, 9.17) is 0 Å². The molecule has 2 nitrogen and oxygen atoms in total. The normalized spacial score (nSPS) is 14.9. The largest absolute Gasteiger partial charge is 0.281 e. The Labute approximate surface area is 297 Å². The maximum absolute atomic E-state index is 13.0. The number of allylic oxidation sites excluding steroid dienone is 1. The maximum Gasteiger partial charge on any atom is 0.225 e. The van der Waals surface area contributed by atoms with Crippen LogP contribution in [0.3, 0.4) is 0 Å². The van der Waals surface area contributed by atoms with Crippen LogP contribution < -0.4 is 0 Å². The van der Waals surface area contributed by atoms with E-state index >= 15 is 0 Å². The number of hydrogen-bond acceptors (Lipinski definition) is 6. The number of fused-ring (bicyclic) bond motifs is 1. The molecule has 4 heterocycles. The number of carbonyl (C=O) groups is 2. The second-order valence-electron chi connectivity index (χ2n) is 13.5. The third kappa shape index (κ3) is 11.0. The summed E-state index contributed by atoms with van der Waals surface area (Å²) >= 11 is 6.28. The SMILES string of the molecule is CCCCCCCCCCCCc1cc(C)sc1-c1sc(C2=C3C(=O)SC(C)=C3C(=O)S2)cc1CCCCCCCCCCCC. The molecule has 2 aliphatic heterocycles. The number of thiophene rings is 2. The van der Waals surface area contributed by atoms with Crippen molar-refractivity contribution in [2.75, 3.05) is 0 Å². The Morgan fingerprint density at radius 1 is 0.500 bits per heavy atom. The zero-order chi connectivity index (χ0) is 32.7. The Balaban J connectivity index is 1.41. The average Bonchev–Trinajstić information content (AvgIpc) is 3.79. The van der Waals surface area contributed by atoms with Gasteiger partial charge in [-0.3, -0.25) is 9.59 Å². The molecule has 0 aromatic carbocycles. The van der Waals surface area contributed by atoms with Crippen LogP contribution in [-0.2, 0) is 22.4 Å². The lowest BCUT2D eigenvalue weighted by atomic mass is 10.0. The Bertz CT molecular complexity index is 1340. The minimum absolute atomic E-state index is 0.0423. The lowest BCUT2D eigenvalue weighted by Gasteiger charge is -2.07. The third-order valence-corrected chi connectivity index (χ3v) is 13.9. The molecule has 2 aromatic rings. The molecule has 0 unspecified atom stereocenters. The standard InChI is InChI=1S/C40H58O2S4/c1-5-7-9-11-13-15-17-19-21-23-25-31-27-29(3)43-36(31)37-32(26-24-22-20-18-16-14-12-10-8-6-2)28-33(45-37)38-35-34(39(41)46-38)30(4)44-40(35)42/h27-28H,5-26H2,1-4H3. The fourth-order valence-electron chi connectivity index (χ4n) is 6.81. The second kappa shape index (κ2) is 20.4. The van der Waals surface area contributed by atoms with Gasteiger partial charge in [-0.15, -0.1) is 22.7 Å². The van der Waals surface area contributed by atoms with E-state index in [1.807, 2.05) is 29.6 Å². The van der Waals surface area contributed by atoms with E-state index in [0.717, 1.165) is 27.5 Å². The third-order valence-electron chi connectivity index (χ3n) is 9.45. The van der Waals surface area contributed by atoms with E-state index in [0.29, 0.717) is 11.1 Å². The van der Waals surface area contributed by atoms with Gasteiger partial charge in [0.05, 0.1) is 11.1 Å². The molecule has 0 saturated heterocycles. The Morgan fingerprint density at radius 3 is 1.46 bits per heavy atom. The fourth-order valence-corrected chi connectivity index (χ4v) is 11.5. The molecular formula is C40H58O2S4. The van der Waals surface area contributed by atoms with Crippen LogP contribution in [0.25, 0.3) is 14.7 Å². The monoisotopic (exact) mass is 698 g/mol. The summed E-state index contributed by atoms with van der Waals surface area (Å²) in [4.78, 5) is 33.0. The van der Waals surface area contributed by atoms with Crippen molar-refractivity contribution in [3.05, 3.63) is 49.1 Å². The van der Waals surface area contributed by atoms with E-state index in [-0.39, 0.29) is 10.2 Å². The van der Waals surface area contributed by atoms with Gasteiger partial charge in [-0.25, -0.2) is 0 Å². The van der Waals surface area contributed by atoms with Gasteiger partial charge >= 0.3 is 0 Å². The quantitative estimate of drug-likeness (QED) is 0.102. The van der Waals surface area contributed by atoms with E-state index in [1.54, 1.807) is 0 Å². The minimum atomic E-state index is 0.0423. The number of unbranched alkanes of at least 4 members (excludes halogenated alkanes) is 18. The number of hydrogen-bond donors (Lipinski definition) is 0. The first-order valence-corrected chi connectivity index (χ1v) is 21.8. The van der Waals surface area contributed by atoms with Crippen LogP contribution in [0.2, 0.25) is 0 Å². The highest BCUT2D eigenvalue weighted by molar-refractivity contribution is 8.24. The van der Waals surface area contributed by atoms with Gasteiger partial charge in [0.1, 0.15) is 0 Å². The van der Waals surface area contributed by atoms with Crippen LogP contribution in [-0.4, -0.2) is 10.2 Å². The van der Waals surface area contributed by atoms with E-state index in [9.17, 15) is 9.59 Å². The molecular weight excluding hydrogens is 641 g/mol. The summed E-state index contributed by atoms with van der Waals surface area (Å²) in [5, 5.41) is 0.0846. The number of thioether (sulfide) groups is 2. The van der Waals surface area contributed by atoms with Crippen molar-refractivity contribution in [1.82, 2.24) is 0 Å². The van der Waals surface area contributed by atoms with Crippen molar-refractivity contribution in [2.24, 2.45) is 0 Å². The summed E-state index contributed by atoms with van der Waals surface area (Å²) < 4.78 is 0. The van der Waals surface area contributed by atoms with Gasteiger partial charge in [0, 0.05) is 29.3 Å². The molecule has 254 valence electrons. The predicted molar refractivity (Wildman–Crippen MR) is 208 cm³/mol. The minimum Gasteiger partial charge on any atom is -0.281 e. The molecule has 46 heavy (non-hydrogen) atoms. The van der Waals surface area contributed by atoms with Crippen molar-refractivity contribution in [3.63, 3.8) is 0 Å². The first-order chi connectivity index (χ1) is 22.4. The van der Waals surface area contributed by atoms with Crippen molar-refractivity contribution in [2.45, 2.75) is 169 Å². The lowest BCUT2D eigenvalue weighted by Crippen LogP contribution is -1.94. The van der Waals surface area contributed by atoms with E-state index in [1.165, 1.54) is 178 Å². The van der Waals surface area contributed by atoms with Gasteiger partial charge in [0.2, 0.25) is 10.2 Å². The molecule has 2 aliphatic rings. The molecule has 0 radical (unpaired) electrons. The molecule has 0 spiro atoms. The highest BCUT2D eigenvalue weighted by Crippen LogP contribution is 2.54. The van der Waals surface area contributed by atoms with Crippen molar-refractivity contribution >= 4 is 61.3 Å². The summed E-state index contributed by atoms with van der Waals surface area (Å²) in [5.41, 5.74) is 4.24. The first kappa shape index (κ1) is 37.7. The molecule has 0 atom stereocenters. The molecule has 0 fully saturated rings. The van der Waals surface area contributed by atoms with Crippen LogP contribution >= 0.6 is 46.2 Å². The molecule has 0 bridgehead atoms. The van der Waals surface area contributed by atoms with E-state index in [2.05, 4.69) is 32.9 Å². The van der Waals surface area contributed by atoms with Gasteiger partial charge < -0.3 is 0 Å². The van der Waals surface area contributed by atoms with Gasteiger partial charge in [-0.05, 0) is 74.6 Å². The molecule has 2 aromatic heterocycles. The molecule has 4 rings (SSSR count). The first-order valence-electron chi connectivity index (χ1n) is 18.6. The van der Waals surface area contributed by atoms with Crippen molar-refractivity contribution in [3.8, 4) is 9.75 Å². The molecule has 0 N–H and O–H groups in total. The van der Waals surface area contributed by atoms with Gasteiger partial charge in [-0.2, -0.15) is 0 Å². The van der Waals surface area contributed by atoms with Crippen LogP contribution in [0, 0.1) is 6.92 Å². The number of carbonyl (C=O) groups excluding carboxylic acids is 2. The summed E-state index contributed by atoms with van der Waals surface area (Å²) in [6.45, 7) is 8.73. The summed E-state index contributed by atoms with van der Waals surface area (Å²) in [7, 11) is 0. The van der Waals surface area contributed by atoms with Crippen molar-refractivity contribution < 1.29 is 9.59 Å². The number of aryl methyl sites for hydroxylation is 3. The Hall–Kier alpha value is -1.08. The molecule has 0 saturated carbocycles.